The molecule has 2 unspecified atom stereocenters. The predicted molar refractivity (Wildman–Crippen MR) is 140 cm³/mol. The van der Waals surface area contributed by atoms with Gasteiger partial charge in [-0.25, -0.2) is 4.68 Å². The van der Waals surface area contributed by atoms with Gasteiger partial charge in [0, 0.05) is 35.6 Å². The summed E-state index contributed by atoms with van der Waals surface area (Å²) in [4.78, 5) is 30.5. The molecule has 186 valence electrons. The van der Waals surface area contributed by atoms with Crippen LogP contribution in [-0.4, -0.2) is 40.2 Å². The Labute approximate surface area is 215 Å². The number of ketones is 1. The fourth-order valence-electron chi connectivity index (χ4n) is 4.76. The second kappa shape index (κ2) is 10.6. The molecule has 1 aliphatic carbocycles. The predicted octanol–water partition coefficient (Wildman–Crippen LogP) is 5.26. The lowest BCUT2D eigenvalue weighted by atomic mass is 9.74. The molecule has 7 nitrogen and oxygen atoms in total. The van der Waals surface area contributed by atoms with Crippen LogP contribution in [0.3, 0.4) is 0 Å². The number of carbonyl (C=O) groups is 2. The van der Waals surface area contributed by atoms with E-state index in [1.165, 1.54) is 0 Å². The summed E-state index contributed by atoms with van der Waals surface area (Å²) in [6.07, 6.45) is 7.37. The smallest absolute Gasteiger partial charge is 0.317 e. The van der Waals surface area contributed by atoms with Gasteiger partial charge in [0.25, 0.3) is 0 Å². The van der Waals surface area contributed by atoms with Gasteiger partial charge in [-0.3, -0.25) is 14.6 Å². The minimum atomic E-state index is -0.915. The molecule has 1 aliphatic rings. The highest BCUT2D eigenvalue weighted by atomic mass is 16.5. The van der Waals surface area contributed by atoms with Crippen molar-refractivity contribution < 1.29 is 19.1 Å². The molecule has 2 heterocycles. The Morgan fingerprint density at radius 3 is 2.51 bits per heavy atom. The van der Waals surface area contributed by atoms with Crippen molar-refractivity contribution in [1.82, 2.24) is 14.8 Å². The summed E-state index contributed by atoms with van der Waals surface area (Å²) in [6, 6.07) is 21.2. The van der Waals surface area contributed by atoms with Gasteiger partial charge < -0.3 is 9.47 Å². The van der Waals surface area contributed by atoms with Crippen LogP contribution in [0.5, 0.6) is 5.75 Å². The second-order valence-electron chi connectivity index (χ2n) is 8.80. The summed E-state index contributed by atoms with van der Waals surface area (Å²) in [7, 11) is 1.63. The summed E-state index contributed by atoms with van der Waals surface area (Å²) in [6.45, 7) is 1.95. The van der Waals surface area contributed by atoms with E-state index in [1.807, 2.05) is 77.6 Å². The number of pyridine rings is 1. The quantitative estimate of drug-likeness (QED) is 0.258. The van der Waals surface area contributed by atoms with Gasteiger partial charge in [-0.05, 0) is 73.0 Å². The van der Waals surface area contributed by atoms with E-state index in [9.17, 15) is 9.59 Å². The van der Waals surface area contributed by atoms with Gasteiger partial charge in [0.2, 0.25) is 0 Å². The maximum Gasteiger partial charge on any atom is 0.317 e. The monoisotopic (exact) mass is 493 g/mol. The molecular weight excluding hydrogens is 466 g/mol. The van der Waals surface area contributed by atoms with Crippen molar-refractivity contribution >= 4 is 17.3 Å². The van der Waals surface area contributed by atoms with Crippen molar-refractivity contribution in [2.24, 2.45) is 5.92 Å². The Morgan fingerprint density at radius 2 is 1.84 bits per heavy atom. The van der Waals surface area contributed by atoms with E-state index in [1.54, 1.807) is 32.5 Å². The average Bonchev–Trinajstić information content (AvgIpc) is 3.39. The van der Waals surface area contributed by atoms with Crippen molar-refractivity contribution in [1.29, 1.82) is 0 Å². The highest BCUT2D eigenvalue weighted by Crippen LogP contribution is 2.42. The van der Waals surface area contributed by atoms with Gasteiger partial charge in [0.15, 0.2) is 5.78 Å². The topological polar surface area (TPSA) is 83.3 Å². The molecule has 0 spiro atoms. The molecule has 0 bridgehead atoms. The molecule has 37 heavy (non-hydrogen) atoms. The number of aromatic nitrogens is 3. The van der Waals surface area contributed by atoms with Crippen LogP contribution in [0.1, 0.15) is 30.4 Å². The van der Waals surface area contributed by atoms with E-state index >= 15 is 0 Å². The Hall–Kier alpha value is -4.52. The highest BCUT2D eigenvalue weighted by molar-refractivity contribution is 6.11. The minimum absolute atomic E-state index is 0.213. The molecule has 0 saturated carbocycles. The minimum Gasteiger partial charge on any atom is -0.497 e. The molecule has 2 atom stereocenters. The largest absolute Gasteiger partial charge is 0.497 e. The molecule has 0 fully saturated rings. The molecule has 2 aromatic heterocycles. The molecule has 7 heteroatoms. The number of benzene rings is 2. The number of nitrogens with zero attached hydrogens (tertiary/aromatic N) is 3. The zero-order valence-electron chi connectivity index (χ0n) is 20.7. The first-order valence-corrected chi connectivity index (χ1v) is 12.2. The Balaban J connectivity index is 1.63. The van der Waals surface area contributed by atoms with Crippen molar-refractivity contribution in [2.75, 3.05) is 13.7 Å². The van der Waals surface area contributed by atoms with Crippen LogP contribution in [0.4, 0.5) is 0 Å². The third-order valence-corrected chi connectivity index (χ3v) is 6.56. The summed E-state index contributed by atoms with van der Waals surface area (Å²) < 4.78 is 12.4. The highest BCUT2D eigenvalue weighted by Gasteiger charge is 2.40. The van der Waals surface area contributed by atoms with E-state index < -0.39 is 17.8 Å². The summed E-state index contributed by atoms with van der Waals surface area (Å²) in [5.74, 6) is -1.35. The SMILES string of the molecule is CCOC(=O)C1C(=O)C=C(c2cn(-c3ccccc3)nc2-c2ccc(OC)cc2)CC1c1cccnc1. The number of hydrogen-bond donors (Lipinski definition) is 0. The number of ether oxygens (including phenoxy) is 2. The third-order valence-electron chi connectivity index (χ3n) is 6.56. The maximum atomic E-state index is 13.4. The Bertz CT molecular complexity index is 1430. The van der Waals surface area contributed by atoms with Crippen molar-refractivity contribution in [2.45, 2.75) is 19.3 Å². The molecule has 0 radical (unpaired) electrons. The molecule has 0 saturated heterocycles. The normalized spacial score (nSPS) is 17.2. The second-order valence-corrected chi connectivity index (χ2v) is 8.80. The fraction of sp³-hybridized carbons (Fsp3) is 0.200. The Kier molecular flexibility index (Phi) is 6.94. The number of allylic oxidation sites excluding steroid dienone is 2. The van der Waals surface area contributed by atoms with Crippen LogP contribution < -0.4 is 4.74 Å². The molecule has 5 rings (SSSR count). The standard InChI is InChI=1S/C30H27N3O4/c1-3-37-30(35)28-25(21-8-7-15-31-18-21)16-22(17-27(28)34)26-19-33(23-9-5-4-6-10-23)32-29(26)20-11-13-24(36-2)14-12-20/h4-15,17-19,25,28H,3,16H2,1-2H3. The molecule has 2 aromatic carbocycles. The zero-order valence-corrected chi connectivity index (χ0v) is 20.7. The number of rotatable bonds is 7. The van der Waals surface area contributed by atoms with Crippen molar-refractivity contribution in [3.05, 3.63) is 103 Å². The third kappa shape index (κ3) is 4.93. The summed E-state index contributed by atoms with van der Waals surface area (Å²) >= 11 is 0. The fourth-order valence-corrected chi connectivity index (χ4v) is 4.76. The van der Waals surface area contributed by atoms with Gasteiger partial charge in [-0.2, -0.15) is 5.10 Å². The molecule has 4 aromatic rings. The van der Waals surface area contributed by atoms with E-state index in [0.29, 0.717) is 6.42 Å². The first-order valence-electron chi connectivity index (χ1n) is 12.2. The maximum absolute atomic E-state index is 13.4. The number of esters is 1. The van der Waals surface area contributed by atoms with Gasteiger partial charge in [0.05, 0.1) is 19.4 Å². The number of methoxy groups -OCH3 is 1. The van der Waals surface area contributed by atoms with Crippen molar-refractivity contribution in [3.8, 4) is 22.7 Å². The molecule has 0 N–H and O–H groups in total. The Morgan fingerprint density at radius 1 is 1.05 bits per heavy atom. The van der Waals surface area contributed by atoms with Crippen LogP contribution in [0.25, 0.3) is 22.5 Å². The number of carbonyl (C=O) groups excluding carboxylic acids is 2. The van der Waals surface area contributed by atoms with Crippen LogP contribution in [0.2, 0.25) is 0 Å². The van der Waals surface area contributed by atoms with Crippen LogP contribution >= 0.6 is 0 Å². The first-order chi connectivity index (χ1) is 18.1. The molecular formula is C30H27N3O4. The lowest BCUT2D eigenvalue weighted by Gasteiger charge is -2.29. The van der Waals surface area contributed by atoms with Gasteiger partial charge in [0.1, 0.15) is 17.4 Å². The number of para-hydroxylation sites is 1. The van der Waals surface area contributed by atoms with Gasteiger partial charge in [-0.1, -0.05) is 24.3 Å². The summed E-state index contributed by atoms with van der Waals surface area (Å²) in [5.41, 5.74) is 5.00. The average molecular weight is 494 g/mol. The van der Waals surface area contributed by atoms with Crippen LogP contribution in [-0.2, 0) is 14.3 Å². The van der Waals surface area contributed by atoms with E-state index in [4.69, 9.17) is 14.6 Å². The molecule has 0 amide bonds. The lowest BCUT2D eigenvalue weighted by molar-refractivity contribution is -0.151. The van der Waals surface area contributed by atoms with E-state index in [0.717, 1.165) is 39.4 Å². The lowest BCUT2D eigenvalue weighted by Crippen LogP contribution is -2.34. The van der Waals surface area contributed by atoms with Gasteiger partial charge >= 0.3 is 5.97 Å². The summed E-state index contributed by atoms with van der Waals surface area (Å²) in [5, 5.41) is 4.91. The molecule has 0 aliphatic heterocycles. The van der Waals surface area contributed by atoms with Crippen LogP contribution in [0, 0.1) is 5.92 Å². The first kappa shape index (κ1) is 24.2. The zero-order chi connectivity index (χ0) is 25.8. The van der Waals surface area contributed by atoms with E-state index in [2.05, 4.69) is 4.98 Å². The van der Waals surface area contributed by atoms with Crippen LogP contribution in [0.15, 0.2) is 91.4 Å². The number of hydrogen-bond acceptors (Lipinski definition) is 6. The van der Waals surface area contributed by atoms with Gasteiger partial charge in [-0.15, -0.1) is 0 Å². The van der Waals surface area contributed by atoms with Crippen molar-refractivity contribution in [3.63, 3.8) is 0 Å². The van der Waals surface area contributed by atoms with E-state index in [-0.39, 0.29) is 12.4 Å².